The van der Waals surface area contributed by atoms with Crippen LogP contribution in [0.5, 0.6) is 11.5 Å². The van der Waals surface area contributed by atoms with Crippen molar-refractivity contribution in [3.8, 4) is 11.5 Å². The zero-order valence-corrected chi connectivity index (χ0v) is 14.7. The third-order valence-corrected chi connectivity index (χ3v) is 3.38. The van der Waals surface area contributed by atoms with Crippen LogP contribution in [-0.2, 0) is 4.79 Å². The molecule has 0 unspecified atom stereocenters. The molecule has 0 bridgehead atoms. The van der Waals surface area contributed by atoms with Crippen molar-refractivity contribution < 1.29 is 19.4 Å². The molecule has 7 nitrogen and oxygen atoms in total. The summed E-state index contributed by atoms with van der Waals surface area (Å²) < 4.78 is 5.27. The van der Waals surface area contributed by atoms with Gasteiger partial charge >= 0.3 is 0 Å². The first-order valence-electron chi connectivity index (χ1n) is 8.12. The largest absolute Gasteiger partial charge is 0.504 e. The molecule has 0 heterocycles. The molecule has 0 aliphatic heterocycles. The van der Waals surface area contributed by atoms with Gasteiger partial charge < -0.3 is 15.2 Å². The lowest BCUT2D eigenvalue weighted by Crippen LogP contribution is -2.34. The lowest BCUT2D eigenvalue weighted by molar-refractivity contribution is -0.120. The highest BCUT2D eigenvalue weighted by Crippen LogP contribution is 2.26. The molecule has 2 rings (SSSR count). The minimum Gasteiger partial charge on any atom is -0.504 e. The predicted octanol–water partition coefficient (Wildman–Crippen LogP) is 1.98. The molecule has 0 aromatic heterocycles. The van der Waals surface area contributed by atoms with Crippen molar-refractivity contribution in [3.63, 3.8) is 0 Å². The van der Waals surface area contributed by atoms with Gasteiger partial charge in [-0.2, -0.15) is 5.10 Å². The van der Waals surface area contributed by atoms with Gasteiger partial charge in [-0.25, -0.2) is 5.43 Å². The van der Waals surface area contributed by atoms with E-state index in [2.05, 4.69) is 15.8 Å². The number of nitrogens with one attached hydrogen (secondary N) is 2. The molecule has 0 aliphatic rings. The lowest BCUT2D eigenvalue weighted by Gasteiger charge is -2.06. The predicted molar refractivity (Wildman–Crippen MR) is 98.5 cm³/mol. The van der Waals surface area contributed by atoms with Crippen molar-refractivity contribution in [1.29, 1.82) is 0 Å². The van der Waals surface area contributed by atoms with Crippen molar-refractivity contribution in [1.82, 2.24) is 10.7 Å². The summed E-state index contributed by atoms with van der Waals surface area (Å²) in [7, 11) is 0. The van der Waals surface area contributed by atoms with Gasteiger partial charge in [0.2, 0.25) is 0 Å². The molecule has 0 fully saturated rings. The van der Waals surface area contributed by atoms with Gasteiger partial charge in [0.1, 0.15) is 0 Å². The van der Waals surface area contributed by atoms with Crippen LogP contribution in [0, 0.1) is 6.92 Å². The topological polar surface area (TPSA) is 100 Å². The summed E-state index contributed by atoms with van der Waals surface area (Å²) in [6.07, 6.45) is 1.42. The quantitative estimate of drug-likeness (QED) is 0.522. The number of benzene rings is 2. The molecular weight excluding hydrogens is 334 g/mol. The number of phenolic OH excluding ortho intramolecular Hbond substituents is 1. The Labute approximate surface area is 151 Å². The molecule has 3 N–H and O–H groups in total. The Balaban J connectivity index is 1.84. The van der Waals surface area contributed by atoms with Gasteiger partial charge in [-0.3, -0.25) is 9.59 Å². The second-order valence-electron chi connectivity index (χ2n) is 5.51. The number of amides is 2. The van der Waals surface area contributed by atoms with Crippen LogP contribution in [0.15, 0.2) is 47.6 Å². The number of ether oxygens (including phenoxy) is 1. The Morgan fingerprint density at radius 3 is 2.77 bits per heavy atom. The summed E-state index contributed by atoms with van der Waals surface area (Å²) in [6, 6.07) is 11.8. The molecule has 0 radical (unpaired) electrons. The Bertz CT molecular complexity index is 818. The molecule has 0 saturated heterocycles. The smallest absolute Gasteiger partial charge is 0.259 e. The van der Waals surface area contributed by atoms with Crippen LogP contribution in [0.2, 0.25) is 0 Å². The minimum absolute atomic E-state index is 0.0342. The maximum absolute atomic E-state index is 12.0. The summed E-state index contributed by atoms with van der Waals surface area (Å²) in [4.78, 5) is 23.7. The van der Waals surface area contributed by atoms with Gasteiger partial charge in [-0.15, -0.1) is 0 Å². The molecule has 0 saturated carbocycles. The van der Waals surface area contributed by atoms with E-state index in [-0.39, 0.29) is 18.2 Å². The molecule has 0 atom stereocenters. The number of aromatic hydroxyl groups is 1. The highest BCUT2D eigenvalue weighted by molar-refractivity contribution is 5.96. The number of carbonyl (C=O) groups is 2. The van der Waals surface area contributed by atoms with Gasteiger partial charge in [0, 0.05) is 5.56 Å². The van der Waals surface area contributed by atoms with E-state index in [0.29, 0.717) is 23.5 Å². The zero-order valence-electron chi connectivity index (χ0n) is 14.7. The fraction of sp³-hybridized carbons (Fsp3) is 0.211. The van der Waals surface area contributed by atoms with Crippen LogP contribution in [0.3, 0.4) is 0 Å². The summed E-state index contributed by atoms with van der Waals surface area (Å²) in [5, 5.41) is 16.0. The molecule has 26 heavy (non-hydrogen) atoms. The normalized spacial score (nSPS) is 10.5. The maximum atomic E-state index is 12.0. The number of aryl methyl sites for hydroxylation is 1. The molecule has 0 aliphatic carbocycles. The number of nitrogens with zero attached hydrogens (tertiary/aromatic N) is 1. The summed E-state index contributed by atoms with van der Waals surface area (Å²) in [6.45, 7) is 3.93. The number of carbonyl (C=O) groups excluding carboxylic acids is 2. The standard InChI is InChI=1S/C19H21N3O4/c1-3-26-17-10-14(7-8-16(17)23)11-21-22-18(24)12-20-19(25)15-6-4-5-13(2)9-15/h4-11,23H,3,12H2,1-2H3,(H,20,25)(H,22,24)/b21-11+. The van der Waals surface area contributed by atoms with Crippen LogP contribution in [0.4, 0.5) is 0 Å². The fourth-order valence-electron chi connectivity index (χ4n) is 2.15. The van der Waals surface area contributed by atoms with Crippen molar-refractivity contribution in [2.75, 3.05) is 13.2 Å². The highest BCUT2D eigenvalue weighted by Gasteiger charge is 2.07. The minimum atomic E-state index is -0.453. The maximum Gasteiger partial charge on any atom is 0.259 e. The SMILES string of the molecule is CCOc1cc(/C=N/NC(=O)CNC(=O)c2cccc(C)c2)ccc1O. The number of hydrazone groups is 1. The number of hydrogen-bond acceptors (Lipinski definition) is 5. The van der Waals surface area contributed by atoms with E-state index in [1.165, 1.54) is 12.3 Å². The summed E-state index contributed by atoms with van der Waals surface area (Å²) in [5.74, 6) is -0.404. The van der Waals surface area contributed by atoms with E-state index in [1.807, 2.05) is 19.9 Å². The van der Waals surface area contributed by atoms with Crippen molar-refractivity contribution >= 4 is 18.0 Å². The number of rotatable bonds is 7. The van der Waals surface area contributed by atoms with Crippen LogP contribution >= 0.6 is 0 Å². The second-order valence-corrected chi connectivity index (χ2v) is 5.51. The van der Waals surface area contributed by atoms with Crippen molar-refractivity contribution in [3.05, 3.63) is 59.2 Å². The molecule has 136 valence electrons. The molecule has 2 aromatic carbocycles. The summed E-state index contributed by atoms with van der Waals surface area (Å²) >= 11 is 0. The highest BCUT2D eigenvalue weighted by atomic mass is 16.5. The number of hydrogen-bond donors (Lipinski definition) is 3. The Hall–Kier alpha value is -3.35. The van der Waals surface area contributed by atoms with Gasteiger partial charge in [0.05, 0.1) is 19.4 Å². The van der Waals surface area contributed by atoms with Gasteiger partial charge in [0.25, 0.3) is 11.8 Å². The zero-order chi connectivity index (χ0) is 18.9. The summed E-state index contributed by atoms with van der Waals surface area (Å²) in [5.41, 5.74) is 4.44. The van der Waals surface area contributed by atoms with Crippen LogP contribution in [-0.4, -0.2) is 36.3 Å². The molecule has 0 spiro atoms. The van der Waals surface area contributed by atoms with E-state index < -0.39 is 5.91 Å². The third kappa shape index (κ3) is 5.62. The lowest BCUT2D eigenvalue weighted by atomic mass is 10.1. The second kappa shape index (κ2) is 9.22. The van der Waals surface area contributed by atoms with E-state index in [9.17, 15) is 14.7 Å². The Morgan fingerprint density at radius 2 is 2.04 bits per heavy atom. The first-order valence-corrected chi connectivity index (χ1v) is 8.12. The van der Waals surface area contributed by atoms with Crippen molar-refractivity contribution in [2.45, 2.75) is 13.8 Å². The number of phenols is 1. The Kier molecular flexibility index (Phi) is 6.73. The molecular formula is C19H21N3O4. The van der Waals surface area contributed by atoms with Gasteiger partial charge in [0.15, 0.2) is 11.5 Å². The average Bonchev–Trinajstić information content (AvgIpc) is 2.62. The van der Waals surface area contributed by atoms with Crippen LogP contribution < -0.4 is 15.5 Å². The van der Waals surface area contributed by atoms with Crippen LogP contribution in [0.25, 0.3) is 0 Å². The van der Waals surface area contributed by atoms with Crippen LogP contribution in [0.1, 0.15) is 28.4 Å². The van der Waals surface area contributed by atoms with Gasteiger partial charge in [-0.05, 0) is 49.7 Å². The van der Waals surface area contributed by atoms with E-state index in [4.69, 9.17) is 4.74 Å². The van der Waals surface area contributed by atoms with E-state index >= 15 is 0 Å². The Morgan fingerprint density at radius 1 is 1.23 bits per heavy atom. The van der Waals surface area contributed by atoms with Gasteiger partial charge in [-0.1, -0.05) is 17.7 Å². The van der Waals surface area contributed by atoms with E-state index in [1.54, 1.807) is 30.3 Å². The first-order chi connectivity index (χ1) is 12.5. The fourth-order valence-corrected chi connectivity index (χ4v) is 2.15. The third-order valence-electron chi connectivity index (χ3n) is 3.38. The first kappa shape index (κ1) is 19.0. The van der Waals surface area contributed by atoms with Crippen molar-refractivity contribution in [2.24, 2.45) is 5.10 Å². The monoisotopic (exact) mass is 355 g/mol. The molecule has 7 heteroatoms. The molecule has 2 amide bonds. The average molecular weight is 355 g/mol. The molecule has 2 aromatic rings. The van der Waals surface area contributed by atoms with E-state index in [0.717, 1.165) is 5.56 Å².